The van der Waals surface area contributed by atoms with E-state index in [0.717, 1.165) is 6.92 Å². The Balaban J connectivity index is 3.44. The van der Waals surface area contributed by atoms with Gasteiger partial charge >= 0.3 is 0 Å². The van der Waals surface area contributed by atoms with Gasteiger partial charge in [-0.15, -0.1) is 0 Å². The Hall–Kier alpha value is -0.190. The van der Waals surface area contributed by atoms with Crippen LogP contribution >= 0.6 is 34.8 Å². The highest BCUT2D eigenvalue weighted by Crippen LogP contribution is 2.53. The molecule has 2 unspecified atom stereocenters. The van der Waals surface area contributed by atoms with Crippen molar-refractivity contribution >= 4 is 40.6 Å². The molecule has 0 radical (unpaired) electrons. The summed E-state index contributed by atoms with van der Waals surface area (Å²) in [6, 6.07) is 0. The molecule has 1 nitrogen and oxygen atoms in total. The molecule has 1 rings (SSSR count). The molecule has 0 aromatic rings. The topological polar surface area (TPSA) is 17.1 Å². The van der Waals surface area contributed by atoms with E-state index in [4.69, 9.17) is 34.8 Å². The zero-order chi connectivity index (χ0) is 12.0. The molecule has 1 aliphatic rings. The normalized spacial score (nSPS) is 36.6. The molecule has 1 aliphatic carbocycles. The summed E-state index contributed by atoms with van der Waals surface area (Å²) in [5.74, 6) is -2.61. The summed E-state index contributed by atoms with van der Waals surface area (Å²) >= 11 is 15.3. The van der Waals surface area contributed by atoms with Gasteiger partial charge in [-0.05, 0) is 13.0 Å². The molecule has 0 fully saturated rings. The van der Waals surface area contributed by atoms with Crippen molar-refractivity contribution in [1.29, 1.82) is 0 Å². The largest absolute Gasteiger partial charge is 0.294 e. The van der Waals surface area contributed by atoms with E-state index in [9.17, 15) is 18.0 Å². The van der Waals surface area contributed by atoms with Gasteiger partial charge in [0.15, 0.2) is 11.6 Å². The Morgan fingerprint density at radius 1 is 1.33 bits per heavy atom. The number of rotatable bonds is 1. The summed E-state index contributed by atoms with van der Waals surface area (Å²) in [6.45, 7) is 0.960. The van der Waals surface area contributed by atoms with Crippen molar-refractivity contribution < 1.29 is 18.0 Å². The highest BCUT2D eigenvalue weighted by atomic mass is 35.5. The Morgan fingerprint density at radius 3 is 2.20 bits per heavy atom. The van der Waals surface area contributed by atoms with Crippen molar-refractivity contribution in [2.45, 2.75) is 17.2 Å². The molecule has 0 N–H and O–H groups in total. The van der Waals surface area contributed by atoms with Crippen molar-refractivity contribution in [3.63, 3.8) is 0 Å². The smallest absolute Gasteiger partial charge is 0.288 e. The zero-order valence-electron chi connectivity index (χ0n) is 7.25. The summed E-state index contributed by atoms with van der Waals surface area (Å²) in [7, 11) is 0. The van der Waals surface area contributed by atoms with Gasteiger partial charge in [-0.25, -0.2) is 13.2 Å². The predicted octanol–water partition coefficient (Wildman–Crippen LogP) is 3.74. The maximum absolute atomic E-state index is 13.5. The summed E-state index contributed by atoms with van der Waals surface area (Å²) in [6.07, 6.45) is 0.617. The fraction of sp³-hybridized carbons (Fsp3) is 0.375. The Kier molecular flexibility index (Phi) is 3.16. The van der Waals surface area contributed by atoms with Gasteiger partial charge < -0.3 is 0 Å². The van der Waals surface area contributed by atoms with E-state index in [-0.39, 0.29) is 0 Å². The molecule has 0 spiro atoms. The highest BCUT2D eigenvalue weighted by Gasteiger charge is 2.60. The molecule has 0 aromatic heterocycles. The maximum atomic E-state index is 13.5. The first-order valence-electron chi connectivity index (χ1n) is 3.67. The van der Waals surface area contributed by atoms with E-state index in [1.165, 1.54) is 0 Å². The molecule has 0 amide bonds. The number of hydrogen-bond donors (Lipinski definition) is 0. The minimum Gasteiger partial charge on any atom is -0.294 e. The first-order valence-corrected chi connectivity index (χ1v) is 4.80. The van der Waals surface area contributed by atoms with Crippen molar-refractivity contribution in [2.75, 3.05) is 0 Å². The number of carbonyl (C=O) groups excluding carboxylic acids is 1. The lowest BCUT2D eigenvalue weighted by Gasteiger charge is -2.31. The van der Waals surface area contributed by atoms with Crippen LogP contribution in [0.3, 0.4) is 0 Å². The van der Waals surface area contributed by atoms with Gasteiger partial charge in [0.25, 0.3) is 10.3 Å². The van der Waals surface area contributed by atoms with E-state index in [2.05, 4.69) is 0 Å². The third kappa shape index (κ3) is 1.79. The molecule has 0 saturated carbocycles. The average Bonchev–Trinajstić information content (AvgIpc) is 2.09. The minimum atomic E-state index is -3.68. The van der Waals surface area contributed by atoms with Gasteiger partial charge in [0.05, 0.1) is 10.6 Å². The van der Waals surface area contributed by atoms with Crippen molar-refractivity contribution in [2.24, 2.45) is 0 Å². The number of ketones is 1. The fourth-order valence-corrected chi connectivity index (χ4v) is 1.62. The summed E-state index contributed by atoms with van der Waals surface area (Å²) in [5, 5.41) is -7.98. The second-order valence-corrected chi connectivity index (χ2v) is 4.37. The minimum absolute atomic E-state index is 0.617. The number of halogens is 6. The van der Waals surface area contributed by atoms with Gasteiger partial charge in [0, 0.05) is 0 Å². The van der Waals surface area contributed by atoms with Gasteiger partial charge in [-0.3, -0.25) is 4.79 Å². The fourth-order valence-electron chi connectivity index (χ4n) is 0.994. The number of carbonyl (C=O) groups is 1. The van der Waals surface area contributed by atoms with E-state index < -0.39 is 32.5 Å². The highest BCUT2D eigenvalue weighted by molar-refractivity contribution is 6.44. The zero-order valence-corrected chi connectivity index (χ0v) is 9.52. The quantitative estimate of drug-likeness (QED) is 0.668. The third-order valence-electron chi connectivity index (χ3n) is 1.86. The van der Waals surface area contributed by atoms with Crippen LogP contribution < -0.4 is 0 Å². The van der Waals surface area contributed by atoms with Crippen LogP contribution in [0.15, 0.2) is 22.5 Å². The Morgan fingerprint density at radius 2 is 1.80 bits per heavy atom. The molecule has 84 valence electrons. The first-order chi connectivity index (χ1) is 6.62. The van der Waals surface area contributed by atoms with E-state index in [1.54, 1.807) is 0 Å². The first kappa shape index (κ1) is 12.9. The van der Waals surface area contributed by atoms with Gasteiger partial charge in [0.1, 0.15) is 0 Å². The van der Waals surface area contributed by atoms with Crippen LogP contribution in [-0.2, 0) is 4.79 Å². The number of hydrogen-bond acceptors (Lipinski definition) is 1. The molecule has 15 heavy (non-hydrogen) atoms. The van der Waals surface area contributed by atoms with Crippen LogP contribution in [-0.4, -0.2) is 16.0 Å². The van der Waals surface area contributed by atoms with E-state index in [1.807, 2.05) is 0 Å². The number of allylic oxidation sites excluding steroid dienone is 4. The lowest BCUT2D eigenvalue weighted by molar-refractivity contribution is -0.113. The Labute approximate surface area is 98.5 Å². The lowest BCUT2D eigenvalue weighted by atomic mass is 9.99. The molecular weight excluding hydrogens is 275 g/mol. The lowest BCUT2D eigenvalue weighted by Crippen LogP contribution is -2.42. The monoisotopic (exact) mass is 278 g/mol. The molecule has 0 aromatic carbocycles. The SMILES string of the molecule is CC(=O)C1=C(F)C(F)(Cl)C(F)(Cl)C(Cl)=C1. The summed E-state index contributed by atoms with van der Waals surface area (Å²) < 4.78 is 40.1. The van der Waals surface area contributed by atoms with Gasteiger partial charge in [0.2, 0.25) is 0 Å². The van der Waals surface area contributed by atoms with Crippen LogP contribution in [0.5, 0.6) is 0 Å². The third-order valence-corrected chi connectivity index (χ3v) is 3.31. The van der Waals surface area contributed by atoms with E-state index in [0.29, 0.717) is 6.08 Å². The molecule has 0 heterocycles. The van der Waals surface area contributed by atoms with Crippen LogP contribution in [0.2, 0.25) is 0 Å². The van der Waals surface area contributed by atoms with Crippen molar-refractivity contribution in [3.05, 3.63) is 22.5 Å². The standard InChI is InChI=1S/C8H4Cl3F3O/c1-3(15)4-2-5(9)7(10,13)8(11,14)6(4)12/h2H,1H3. The Bertz CT molecular complexity index is 385. The van der Waals surface area contributed by atoms with Crippen molar-refractivity contribution in [1.82, 2.24) is 0 Å². The molecule has 0 saturated heterocycles. The molecular formula is C8H4Cl3F3O. The average molecular weight is 279 g/mol. The summed E-state index contributed by atoms with van der Waals surface area (Å²) in [4.78, 5) is 10.9. The second kappa shape index (κ2) is 3.68. The predicted molar refractivity (Wildman–Crippen MR) is 52.1 cm³/mol. The molecule has 0 bridgehead atoms. The molecule has 0 aliphatic heterocycles. The molecule has 7 heteroatoms. The molecule has 2 atom stereocenters. The van der Waals surface area contributed by atoms with Crippen LogP contribution in [0.25, 0.3) is 0 Å². The van der Waals surface area contributed by atoms with E-state index >= 15 is 0 Å². The second-order valence-electron chi connectivity index (χ2n) is 2.92. The maximum Gasteiger partial charge on any atom is 0.288 e. The summed E-state index contributed by atoms with van der Waals surface area (Å²) in [5.41, 5.74) is -0.730. The van der Waals surface area contributed by atoms with Crippen LogP contribution in [0, 0.1) is 0 Å². The number of alkyl halides is 4. The van der Waals surface area contributed by atoms with Gasteiger partial charge in [-0.2, -0.15) is 0 Å². The van der Waals surface area contributed by atoms with Crippen LogP contribution in [0.1, 0.15) is 6.92 Å². The van der Waals surface area contributed by atoms with Crippen LogP contribution in [0.4, 0.5) is 13.2 Å². The number of Topliss-reactive ketones (excluding diaryl/α,β-unsaturated/α-hetero) is 1. The van der Waals surface area contributed by atoms with Crippen molar-refractivity contribution in [3.8, 4) is 0 Å². The van der Waals surface area contributed by atoms with Gasteiger partial charge in [-0.1, -0.05) is 34.8 Å².